The molecule has 1 unspecified atom stereocenters. The number of nitrogens with one attached hydrogen (secondary N) is 2. The van der Waals surface area contributed by atoms with Gasteiger partial charge in [-0.2, -0.15) is 0 Å². The monoisotopic (exact) mass is 525 g/mol. The fraction of sp³-hybridized carbons (Fsp3) is 0.200. The molecule has 0 aliphatic carbocycles. The average Bonchev–Trinajstić information content (AvgIpc) is 2.75. The maximum absolute atomic E-state index is 13.2. The molecule has 1 saturated heterocycles. The maximum Gasteiger partial charge on any atom is 0.337 e. The Kier molecular flexibility index (Phi) is 6.18. The lowest BCUT2D eigenvalue weighted by atomic mass is 10.1. The van der Waals surface area contributed by atoms with E-state index in [4.69, 9.17) is 16.3 Å². The normalized spacial score (nSPS) is 16.9. The number of sulfone groups is 1. The van der Waals surface area contributed by atoms with E-state index in [-0.39, 0.29) is 22.9 Å². The molecule has 162 valence electrons. The first-order valence-electron chi connectivity index (χ1n) is 9.21. The SMILES string of the molecule is O=C(O)c1cccc(Br)c1Nc1cc(S(=O)(=O)C2COCCN2)nc2ccc(Cl)cc12. The number of anilines is 2. The number of benzene rings is 2. The quantitative estimate of drug-likeness (QED) is 0.459. The first-order valence-corrected chi connectivity index (χ1v) is 11.9. The second kappa shape index (κ2) is 8.71. The number of pyridine rings is 1. The molecule has 4 rings (SSSR count). The average molecular weight is 527 g/mol. The van der Waals surface area contributed by atoms with E-state index in [1.54, 1.807) is 30.3 Å². The Bertz CT molecular complexity index is 1280. The van der Waals surface area contributed by atoms with Crippen molar-refractivity contribution in [3.63, 3.8) is 0 Å². The largest absolute Gasteiger partial charge is 0.478 e. The number of carboxylic acids is 1. The summed E-state index contributed by atoms with van der Waals surface area (Å²) in [5, 5.41) is 15.5. The van der Waals surface area contributed by atoms with Crippen molar-refractivity contribution in [1.82, 2.24) is 10.3 Å². The summed E-state index contributed by atoms with van der Waals surface area (Å²) in [6, 6.07) is 11.0. The molecule has 11 heteroatoms. The van der Waals surface area contributed by atoms with Gasteiger partial charge in [0.15, 0.2) is 5.03 Å². The number of morpholine rings is 1. The van der Waals surface area contributed by atoms with Crippen LogP contribution in [0.5, 0.6) is 0 Å². The molecule has 8 nitrogen and oxygen atoms in total. The van der Waals surface area contributed by atoms with E-state index in [0.717, 1.165) is 0 Å². The summed E-state index contributed by atoms with van der Waals surface area (Å²) in [6.07, 6.45) is 0. The molecule has 2 aromatic carbocycles. The second-order valence-corrected chi connectivity index (χ2v) is 10.2. The highest BCUT2D eigenvalue weighted by molar-refractivity contribution is 9.10. The number of ether oxygens (including phenoxy) is 1. The van der Waals surface area contributed by atoms with E-state index in [0.29, 0.717) is 39.2 Å². The molecule has 1 aliphatic rings. The first-order chi connectivity index (χ1) is 14.8. The van der Waals surface area contributed by atoms with Gasteiger partial charge in [-0.15, -0.1) is 0 Å². The second-order valence-electron chi connectivity index (χ2n) is 6.82. The minimum absolute atomic E-state index is 0.0127. The van der Waals surface area contributed by atoms with Gasteiger partial charge in [-0.3, -0.25) is 5.32 Å². The number of carboxylic acid groups (broad SMARTS) is 1. The standard InChI is InChI=1S/C20H17BrClN3O5S/c21-14-3-1-2-12(20(26)27)19(14)25-16-9-17(24-15-5-4-11(22)8-13(15)16)31(28,29)18-10-30-7-6-23-18/h1-5,8-9,18,23H,6-7,10H2,(H,24,25)(H,26,27). The number of para-hydroxylation sites is 1. The van der Waals surface area contributed by atoms with Crippen LogP contribution in [-0.2, 0) is 14.6 Å². The summed E-state index contributed by atoms with van der Waals surface area (Å²) in [7, 11) is -3.86. The number of hydrogen-bond acceptors (Lipinski definition) is 7. The van der Waals surface area contributed by atoms with Crippen molar-refractivity contribution in [2.24, 2.45) is 0 Å². The lowest BCUT2D eigenvalue weighted by molar-refractivity contribution is 0.0698. The minimum Gasteiger partial charge on any atom is -0.478 e. The third-order valence-corrected chi connectivity index (χ3v) is 7.54. The molecule has 0 amide bonds. The summed E-state index contributed by atoms with van der Waals surface area (Å²) in [6.45, 7) is 0.860. The molecule has 3 aromatic rings. The van der Waals surface area contributed by atoms with Gasteiger partial charge < -0.3 is 15.2 Å². The van der Waals surface area contributed by atoms with Crippen molar-refractivity contribution in [3.8, 4) is 0 Å². The fourth-order valence-corrected chi connectivity index (χ4v) is 5.32. The number of hydrogen-bond donors (Lipinski definition) is 3. The van der Waals surface area contributed by atoms with Crippen LogP contribution in [0.1, 0.15) is 10.4 Å². The lowest BCUT2D eigenvalue weighted by Gasteiger charge is -2.24. The molecule has 1 aromatic heterocycles. The van der Waals surface area contributed by atoms with Gasteiger partial charge in [-0.25, -0.2) is 18.2 Å². The third-order valence-electron chi connectivity index (χ3n) is 4.80. The van der Waals surface area contributed by atoms with Gasteiger partial charge in [0.25, 0.3) is 0 Å². The number of fused-ring (bicyclic) bond motifs is 1. The van der Waals surface area contributed by atoms with Crippen molar-refractivity contribution in [2.75, 3.05) is 25.1 Å². The Morgan fingerprint density at radius 1 is 1.29 bits per heavy atom. The summed E-state index contributed by atoms with van der Waals surface area (Å²) >= 11 is 9.51. The van der Waals surface area contributed by atoms with Gasteiger partial charge in [0.05, 0.1) is 35.7 Å². The Hall–Kier alpha value is -2.24. The molecular formula is C20H17BrClN3O5S. The summed E-state index contributed by atoms with van der Waals surface area (Å²) in [5.74, 6) is -1.13. The number of aromatic carboxylic acids is 1. The van der Waals surface area contributed by atoms with Gasteiger partial charge in [-0.1, -0.05) is 17.7 Å². The van der Waals surface area contributed by atoms with Crippen LogP contribution in [0.25, 0.3) is 10.9 Å². The van der Waals surface area contributed by atoms with Crippen LogP contribution in [0.15, 0.2) is 52.0 Å². The highest BCUT2D eigenvalue weighted by Gasteiger charge is 2.31. The highest BCUT2D eigenvalue weighted by Crippen LogP contribution is 2.35. The fourth-order valence-electron chi connectivity index (χ4n) is 3.27. The van der Waals surface area contributed by atoms with E-state index in [1.807, 2.05) is 0 Å². The molecule has 31 heavy (non-hydrogen) atoms. The molecule has 0 radical (unpaired) electrons. The Balaban J connectivity index is 1.89. The zero-order valence-electron chi connectivity index (χ0n) is 15.9. The number of carbonyl (C=O) groups is 1. The third kappa shape index (κ3) is 4.39. The zero-order chi connectivity index (χ0) is 22.2. The molecule has 1 aliphatic heterocycles. The van der Waals surface area contributed by atoms with Crippen LogP contribution in [0.2, 0.25) is 5.02 Å². The van der Waals surface area contributed by atoms with Crippen molar-refractivity contribution in [2.45, 2.75) is 10.4 Å². The molecule has 0 bridgehead atoms. The topological polar surface area (TPSA) is 118 Å². The van der Waals surface area contributed by atoms with Crippen molar-refractivity contribution >= 4 is 65.6 Å². The number of nitrogens with zero attached hydrogens (tertiary/aromatic N) is 1. The summed E-state index contributed by atoms with van der Waals surface area (Å²) < 4.78 is 32.2. The molecule has 0 spiro atoms. The highest BCUT2D eigenvalue weighted by atomic mass is 79.9. The predicted octanol–water partition coefficient (Wildman–Crippen LogP) is 3.81. The first kappa shape index (κ1) is 22.0. The van der Waals surface area contributed by atoms with Crippen molar-refractivity contribution < 1.29 is 23.1 Å². The van der Waals surface area contributed by atoms with Gasteiger partial charge in [0, 0.05) is 21.4 Å². The number of rotatable bonds is 5. The van der Waals surface area contributed by atoms with E-state index in [1.165, 1.54) is 12.1 Å². The van der Waals surface area contributed by atoms with Gasteiger partial charge in [0.2, 0.25) is 9.84 Å². The summed E-state index contributed by atoms with van der Waals surface area (Å²) in [4.78, 5) is 16.0. The van der Waals surface area contributed by atoms with E-state index >= 15 is 0 Å². The van der Waals surface area contributed by atoms with Crippen LogP contribution in [0.4, 0.5) is 11.4 Å². The molecule has 3 N–H and O–H groups in total. The van der Waals surface area contributed by atoms with E-state index in [2.05, 4.69) is 31.5 Å². The molecule has 2 heterocycles. The Morgan fingerprint density at radius 2 is 2.10 bits per heavy atom. The van der Waals surface area contributed by atoms with Crippen molar-refractivity contribution in [1.29, 1.82) is 0 Å². The van der Waals surface area contributed by atoms with Crippen LogP contribution >= 0.6 is 27.5 Å². The van der Waals surface area contributed by atoms with Crippen LogP contribution in [0.3, 0.4) is 0 Å². The van der Waals surface area contributed by atoms with E-state index < -0.39 is 21.2 Å². The van der Waals surface area contributed by atoms with Crippen LogP contribution in [0, 0.1) is 0 Å². The van der Waals surface area contributed by atoms with Gasteiger partial charge >= 0.3 is 5.97 Å². The molecule has 1 atom stereocenters. The minimum atomic E-state index is -3.86. The van der Waals surface area contributed by atoms with Crippen molar-refractivity contribution in [3.05, 3.63) is 57.5 Å². The van der Waals surface area contributed by atoms with E-state index in [9.17, 15) is 18.3 Å². The smallest absolute Gasteiger partial charge is 0.337 e. The predicted molar refractivity (Wildman–Crippen MR) is 121 cm³/mol. The number of aromatic nitrogens is 1. The Morgan fingerprint density at radius 3 is 2.81 bits per heavy atom. The number of halogens is 2. The van der Waals surface area contributed by atoms with Gasteiger partial charge in [0.1, 0.15) is 5.37 Å². The molecule has 1 fully saturated rings. The zero-order valence-corrected chi connectivity index (χ0v) is 19.1. The van der Waals surface area contributed by atoms with Crippen LogP contribution in [-0.4, -0.2) is 49.6 Å². The Labute approximate surface area is 191 Å². The lowest BCUT2D eigenvalue weighted by Crippen LogP contribution is -2.46. The van der Waals surface area contributed by atoms with Gasteiger partial charge in [-0.05, 0) is 52.3 Å². The maximum atomic E-state index is 13.2. The molecular weight excluding hydrogens is 510 g/mol. The van der Waals surface area contributed by atoms with Crippen LogP contribution < -0.4 is 10.6 Å². The summed E-state index contributed by atoms with van der Waals surface area (Å²) in [5.41, 5.74) is 1.06. The molecule has 0 saturated carbocycles.